The number of halogens is 2. The maximum absolute atomic E-state index is 11.9. The topological polar surface area (TPSA) is 72.2 Å². The second-order valence-electron chi connectivity index (χ2n) is 4.28. The van der Waals surface area contributed by atoms with Crippen LogP contribution in [0.2, 0.25) is 5.02 Å². The van der Waals surface area contributed by atoms with Crippen LogP contribution in [-0.4, -0.2) is 21.0 Å². The second-order valence-corrected chi connectivity index (χ2v) is 6.43. The molecule has 18 heavy (non-hydrogen) atoms. The highest BCUT2D eigenvalue weighted by Crippen LogP contribution is 2.31. The lowest BCUT2D eigenvalue weighted by Gasteiger charge is -2.12. The number of benzene rings is 1. The lowest BCUT2D eigenvalue weighted by atomic mass is 10.2. The summed E-state index contributed by atoms with van der Waals surface area (Å²) in [5.74, 6) is 0.462. The minimum Gasteiger partial charge on any atom is -0.326 e. The van der Waals surface area contributed by atoms with Crippen molar-refractivity contribution in [2.75, 3.05) is 6.54 Å². The van der Waals surface area contributed by atoms with Gasteiger partial charge in [0.1, 0.15) is 4.90 Å². The highest BCUT2D eigenvalue weighted by atomic mass is 35.5. The van der Waals surface area contributed by atoms with Gasteiger partial charge in [0.05, 0.1) is 5.02 Å². The van der Waals surface area contributed by atoms with E-state index in [4.69, 9.17) is 17.3 Å². The molecule has 0 aliphatic heterocycles. The first-order valence-corrected chi connectivity index (χ1v) is 7.36. The summed E-state index contributed by atoms with van der Waals surface area (Å²) in [5.41, 5.74) is 5.84. The molecule has 4 nitrogen and oxygen atoms in total. The van der Waals surface area contributed by atoms with Crippen molar-refractivity contribution in [2.24, 2.45) is 11.7 Å². The van der Waals surface area contributed by atoms with Gasteiger partial charge in [-0.2, -0.15) is 0 Å². The summed E-state index contributed by atoms with van der Waals surface area (Å²) in [6.45, 7) is 0.262. The molecule has 0 spiro atoms. The first-order valence-electron chi connectivity index (χ1n) is 5.50. The largest absolute Gasteiger partial charge is 0.326 e. The Balaban J connectivity index is 0.00000162. The van der Waals surface area contributed by atoms with Gasteiger partial charge in [-0.3, -0.25) is 0 Å². The Morgan fingerprint density at radius 2 is 2.00 bits per heavy atom. The van der Waals surface area contributed by atoms with Gasteiger partial charge in [0.2, 0.25) is 10.0 Å². The fraction of sp³-hybridized carbons (Fsp3) is 0.455. The van der Waals surface area contributed by atoms with Crippen molar-refractivity contribution in [3.05, 3.63) is 29.3 Å². The molecule has 1 saturated carbocycles. The zero-order valence-electron chi connectivity index (χ0n) is 9.67. The number of hydrogen-bond donors (Lipinski definition) is 2. The van der Waals surface area contributed by atoms with Crippen LogP contribution < -0.4 is 10.5 Å². The van der Waals surface area contributed by atoms with Crippen LogP contribution in [0.1, 0.15) is 12.8 Å². The number of nitrogens with one attached hydrogen (secondary N) is 1. The van der Waals surface area contributed by atoms with Gasteiger partial charge in [-0.05, 0) is 30.9 Å². The molecule has 1 unspecified atom stereocenters. The van der Waals surface area contributed by atoms with E-state index in [1.807, 2.05) is 0 Å². The van der Waals surface area contributed by atoms with Gasteiger partial charge in [0.15, 0.2) is 0 Å². The Hall–Kier alpha value is -0.330. The van der Waals surface area contributed by atoms with Crippen molar-refractivity contribution in [1.29, 1.82) is 0 Å². The fourth-order valence-electron chi connectivity index (χ4n) is 1.64. The Bertz CT molecular complexity index is 504. The maximum Gasteiger partial charge on any atom is 0.242 e. The summed E-state index contributed by atoms with van der Waals surface area (Å²) in [6, 6.07) is 6.26. The summed E-state index contributed by atoms with van der Waals surface area (Å²) in [7, 11) is -3.55. The third-order valence-electron chi connectivity index (χ3n) is 2.86. The van der Waals surface area contributed by atoms with E-state index in [1.165, 1.54) is 6.07 Å². The van der Waals surface area contributed by atoms with Gasteiger partial charge in [-0.15, -0.1) is 12.4 Å². The monoisotopic (exact) mass is 310 g/mol. The quantitative estimate of drug-likeness (QED) is 0.870. The molecular formula is C11H16Cl2N2O2S. The van der Waals surface area contributed by atoms with Crippen LogP contribution in [0.15, 0.2) is 29.2 Å². The van der Waals surface area contributed by atoms with Crippen molar-refractivity contribution in [3.8, 4) is 0 Å². The fourth-order valence-corrected chi connectivity index (χ4v) is 3.23. The Morgan fingerprint density at radius 1 is 1.39 bits per heavy atom. The molecule has 102 valence electrons. The Kier molecular flexibility index (Phi) is 5.43. The van der Waals surface area contributed by atoms with E-state index in [-0.39, 0.29) is 34.9 Å². The molecule has 1 aliphatic carbocycles. The Labute approximate surface area is 118 Å². The minimum absolute atomic E-state index is 0. The summed E-state index contributed by atoms with van der Waals surface area (Å²) in [6.07, 6.45) is 2.18. The predicted molar refractivity (Wildman–Crippen MR) is 74.6 cm³/mol. The summed E-state index contributed by atoms with van der Waals surface area (Å²) >= 11 is 5.85. The van der Waals surface area contributed by atoms with Crippen molar-refractivity contribution in [1.82, 2.24) is 4.72 Å². The van der Waals surface area contributed by atoms with Gasteiger partial charge >= 0.3 is 0 Å². The number of hydrogen-bond acceptors (Lipinski definition) is 3. The molecule has 0 aromatic heterocycles. The summed E-state index contributed by atoms with van der Waals surface area (Å²) < 4.78 is 26.4. The van der Waals surface area contributed by atoms with E-state index in [0.717, 1.165) is 12.8 Å². The molecule has 0 heterocycles. The van der Waals surface area contributed by atoms with Gasteiger partial charge < -0.3 is 5.73 Å². The van der Waals surface area contributed by atoms with Gasteiger partial charge in [-0.25, -0.2) is 13.1 Å². The molecule has 3 N–H and O–H groups in total. The summed E-state index contributed by atoms with van der Waals surface area (Å²) in [5, 5.41) is 0.222. The van der Waals surface area contributed by atoms with E-state index in [2.05, 4.69) is 4.72 Å². The minimum atomic E-state index is -3.55. The first kappa shape index (κ1) is 15.7. The van der Waals surface area contributed by atoms with E-state index in [1.54, 1.807) is 18.2 Å². The van der Waals surface area contributed by atoms with E-state index >= 15 is 0 Å². The average Bonchev–Trinajstić information content (AvgIpc) is 3.10. The zero-order chi connectivity index (χ0) is 12.5. The summed E-state index contributed by atoms with van der Waals surface area (Å²) in [4.78, 5) is 0.102. The van der Waals surface area contributed by atoms with Gasteiger partial charge in [0.25, 0.3) is 0 Å². The SMILES string of the molecule is Cl.NC(CNS(=O)(=O)c1ccccc1Cl)C1CC1. The molecule has 1 aliphatic rings. The molecular weight excluding hydrogens is 295 g/mol. The molecule has 1 aromatic rings. The molecule has 0 radical (unpaired) electrons. The van der Waals surface area contributed by atoms with Crippen LogP contribution >= 0.6 is 24.0 Å². The van der Waals surface area contributed by atoms with Crippen LogP contribution in [0.4, 0.5) is 0 Å². The Morgan fingerprint density at radius 3 is 2.56 bits per heavy atom. The average molecular weight is 311 g/mol. The molecule has 2 rings (SSSR count). The molecule has 0 bridgehead atoms. The van der Waals surface area contributed by atoms with E-state index in [9.17, 15) is 8.42 Å². The highest BCUT2D eigenvalue weighted by molar-refractivity contribution is 7.89. The van der Waals surface area contributed by atoms with Crippen molar-refractivity contribution >= 4 is 34.0 Å². The van der Waals surface area contributed by atoms with Crippen LogP contribution in [0, 0.1) is 5.92 Å². The van der Waals surface area contributed by atoms with E-state index in [0.29, 0.717) is 5.92 Å². The lowest BCUT2D eigenvalue weighted by Crippen LogP contribution is -2.38. The first-order chi connectivity index (χ1) is 8.00. The normalized spacial score (nSPS) is 17.0. The lowest BCUT2D eigenvalue weighted by molar-refractivity contribution is 0.548. The molecule has 7 heteroatoms. The smallest absolute Gasteiger partial charge is 0.242 e. The second kappa shape index (κ2) is 6.21. The molecule has 0 amide bonds. The van der Waals surface area contributed by atoms with Crippen LogP contribution in [-0.2, 0) is 10.0 Å². The standard InChI is InChI=1S/C11H15ClN2O2S.ClH/c12-9-3-1-2-4-11(9)17(15,16)14-7-10(13)8-5-6-8;/h1-4,8,10,14H,5-7,13H2;1H. The molecule has 0 saturated heterocycles. The third kappa shape index (κ3) is 3.83. The zero-order valence-corrected chi connectivity index (χ0v) is 12.1. The van der Waals surface area contributed by atoms with Crippen LogP contribution in [0.5, 0.6) is 0 Å². The molecule has 1 atom stereocenters. The number of rotatable bonds is 5. The van der Waals surface area contributed by atoms with E-state index < -0.39 is 10.0 Å². The van der Waals surface area contributed by atoms with Crippen LogP contribution in [0.25, 0.3) is 0 Å². The van der Waals surface area contributed by atoms with Crippen molar-refractivity contribution in [2.45, 2.75) is 23.8 Å². The maximum atomic E-state index is 11.9. The van der Waals surface area contributed by atoms with Gasteiger partial charge in [-0.1, -0.05) is 23.7 Å². The van der Waals surface area contributed by atoms with Crippen molar-refractivity contribution < 1.29 is 8.42 Å². The molecule has 1 aromatic carbocycles. The molecule has 1 fully saturated rings. The third-order valence-corrected chi connectivity index (χ3v) is 4.79. The number of nitrogens with two attached hydrogens (primary N) is 1. The highest BCUT2D eigenvalue weighted by Gasteiger charge is 2.29. The van der Waals surface area contributed by atoms with Crippen molar-refractivity contribution in [3.63, 3.8) is 0 Å². The van der Waals surface area contributed by atoms with Gasteiger partial charge in [0, 0.05) is 12.6 Å². The number of sulfonamides is 1. The predicted octanol–water partition coefficient (Wildman–Crippen LogP) is 1.78. The van der Waals surface area contributed by atoms with Crippen LogP contribution in [0.3, 0.4) is 0 Å².